The van der Waals surface area contributed by atoms with E-state index in [1.165, 1.54) is 4.90 Å². The second kappa shape index (κ2) is 6.42. The van der Waals surface area contributed by atoms with Crippen LogP contribution in [-0.4, -0.2) is 20.1 Å². The first-order chi connectivity index (χ1) is 10.1. The number of nitrogens with zero attached hydrogens (tertiary/aromatic N) is 2. The van der Waals surface area contributed by atoms with Gasteiger partial charge in [0.1, 0.15) is 5.75 Å². The van der Waals surface area contributed by atoms with Gasteiger partial charge in [0.2, 0.25) is 0 Å². The summed E-state index contributed by atoms with van der Waals surface area (Å²) >= 11 is 3.38. The van der Waals surface area contributed by atoms with Crippen LogP contribution in [0.15, 0.2) is 46.9 Å². The van der Waals surface area contributed by atoms with Crippen LogP contribution >= 0.6 is 15.9 Å². The zero-order valence-corrected chi connectivity index (χ0v) is 13.2. The summed E-state index contributed by atoms with van der Waals surface area (Å²) in [5.74, 6) is 0.459. The third-order valence-electron chi connectivity index (χ3n) is 3.09. The standard InChI is InChI=1S/C16H13BrN2O2/c1-19(12-5-3-11(10-18)4-6-12)16(20)14-9-13(21-2)7-8-15(14)17/h3-9H,1-2H3. The minimum atomic E-state index is -0.162. The predicted molar refractivity (Wildman–Crippen MR) is 84.6 cm³/mol. The van der Waals surface area contributed by atoms with Crippen molar-refractivity contribution in [3.63, 3.8) is 0 Å². The number of benzene rings is 2. The van der Waals surface area contributed by atoms with E-state index in [0.29, 0.717) is 27.0 Å². The Balaban J connectivity index is 2.32. The third kappa shape index (κ3) is 3.23. The zero-order valence-electron chi connectivity index (χ0n) is 11.6. The van der Waals surface area contributed by atoms with Crippen molar-refractivity contribution in [2.45, 2.75) is 0 Å². The number of ether oxygens (including phenoxy) is 1. The van der Waals surface area contributed by atoms with Crippen molar-refractivity contribution in [2.24, 2.45) is 0 Å². The molecule has 0 radical (unpaired) electrons. The first-order valence-electron chi connectivity index (χ1n) is 6.18. The highest BCUT2D eigenvalue weighted by Crippen LogP contribution is 2.25. The van der Waals surface area contributed by atoms with Crippen molar-refractivity contribution in [1.29, 1.82) is 5.26 Å². The van der Waals surface area contributed by atoms with Crippen molar-refractivity contribution < 1.29 is 9.53 Å². The molecule has 0 fully saturated rings. The van der Waals surface area contributed by atoms with Crippen molar-refractivity contribution in [3.8, 4) is 11.8 Å². The van der Waals surface area contributed by atoms with Crippen LogP contribution in [0.2, 0.25) is 0 Å². The molecule has 0 saturated carbocycles. The van der Waals surface area contributed by atoms with E-state index in [1.807, 2.05) is 0 Å². The summed E-state index contributed by atoms with van der Waals surface area (Å²) in [5, 5.41) is 8.80. The van der Waals surface area contributed by atoms with Gasteiger partial charge in [-0.3, -0.25) is 4.79 Å². The van der Waals surface area contributed by atoms with Crippen LogP contribution in [0.25, 0.3) is 0 Å². The van der Waals surface area contributed by atoms with E-state index in [0.717, 1.165) is 0 Å². The summed E-state index contributed by atoms with van der Waals surface area (Å²) in [6.45, 7) is 0. The first kappa shape index (κ1) is 15.1. The van der Waals surface area contributed by atoms with Crippen LogP contribution in [0, 0.1) is 11.3 Å². The molecule has 0 aromatic heterocycles. The Labute approximate surface area is 131 Å². The Kier molecular flexibility index (Phi) is 4.61. The number of carbonyl (C=O) groups excluding carboxylic acids is 1. The largest absolute Gasteiger partial charge is 0.497 e. The maximum Gasteiger partial charge on any atom is 0.259 e. The van der Waals surface area contributed by atoms with E-state index < -0.39 is 0 Å². The molecule has 106 valence electrons. The summed E-state index contributed by atoms with van der Waals surface area (Å²) in [6.07, 6.45) is 0. The van der Waals surface area contributed by atoms with Crippen LogP contribution in [-0.2, 0) is 0 Å². The summed E-state index contributed by atoms with van der Waals surface area (Å²) in [7, 11) is 3.25. The molecule has 2 aromatic carbocycles. The third-order valence-corrected chi connectivity index (χ3v) is 3.78. The van der Waals surface area contributed by atoms with E-state index in [-0.39, 0.29) is 5.91 Å². The predicted octanol–water partition coefficient (Wildman–Crippen LogP) is 3.61. The Bertz CT molecular complexity index is 705. The maximum absolute atomic E-state index is 12.6. The topological polar surface area (TPSA) is 53.3 Å². The van der Waals surface area contributed by atoms with Crippen LogP contribution in [0.4, 0.5) is 5.69 Å². The molecular formula is C16H13BrN2O2. The van der Waals surface area contributed by atoms with Gasteiger partial charge in [-0.15, -0.1) is 0 Å². The number of halogens is 1. The molecule has 2 rings (SSSR count). The number of methoxy groups -OCH3 is 1. The van der Waals surface area contributed by atoms with E-state index in [9.17, 15) is 4.79 Å². The molecule has 0 aliphatic heterocycles. The van der Waals surface area contributed by atoms with Gasteiger partial charge in [-0.25, -0.2) is 0 Å². The Morgan fingerprint density at radius 1 is 1.24 bits per heavy atom. The molecule has 4 nitrogen and oxygen atoms in total. The number of hydrogen-bond donors (Lipinski definition) is 0. The molecule has 0 atom stereocenters. The quantitative estimate of drug-likeness (QED) is 0.854. The highest BCUT2D eigenvalue weighted by atomic mass is 79.9. The van der Waals surface area contributed by atoms with E-state index in [4.69, 9.17) is 10.00 Å². The second-order valence-electron chi connectivity index (χ2n) is 4.37. The van der Waals surface area contributed by atoms with Crippen molar-refractivity contribution >= 4 is 27.5 Å². The number of nitriles is 1. The molecule has 0 saturated heterocycles. The molecule has 0 bridgehead atoms. The number of rotatable bonds is 3. The Hall–Kier alpha value is -2.32. The van der Waals surface area contributed by atoms with Gasteiger partial charge >= 0.3 is 0 Å². The molecule has 2 aromatic rings. The molecule has 0 aliphatic rings. The smallest absolute Gasteiger partial charge is 0.259 e. The van der Waals surface area contributed by atoms with Gasteiger partial charge in [-0.2, -0.15) is 5.26 Å². The molecule has 0 N–H and O–H groups in total. The average molecular weight is 345 g/mol. The van der Waals surface area contributed by atoms with Gasteiger partial charge < -0.3 is 9.64 Å². The molecule has 0 unspecified atom stereocenters. The SMILES string of the molecule is COc1ccc(Br)c(C(=O)N(C)c2ccc(C#N)cc2)c1. The summed E-state index contributed by atoms with van der Waals surface area (Å²) in [5.41, 5.74) is 1.79. The number of hydrogen-bond acceptors (Lipinski definition) is 3. The van der Waals surface area contributed by atoms with Crippen molar-refractivity contribution in [2.75, 3.05) is 19.1 Å². The summed E-state index contributed by atoms with van der Waals surface area (Å²) in [6, 6.07) is 14.1. The van der Waals surface area contributed by atoms with Gasteiger partial charge in [0.05, 0.1) is 24.3 Å². The van der Waals surface area contributed by atoms with Crippen LogP contribution in [0.3, 0.4) is 0 Å². The second-order valence-corrected chi connectivity index (χ2v) is 5.22. The van der Waals surface area contributed by atoms with Gasteiger partial charge in [-0.05, 0) is 58.4 Å². The van der Waals surface area contributed by atoms with Gasteiger partial charge in [0.15, 0.2) is 0 Å². The van der Waals surface area contributed by atoms with Crippen LogP contribution in [0.1, 0.15) is 15.9 Å². The minimum Gasteiger partial charge on any atom is -0.497 e. The summed E-state index contributed by atoms with van der Waals surface area (Å²) < 4.78 is 5.85. The normalized spacial score (nSPS) is 9.81. The maximum atomic E-state index is 12.6. The van der Waals surface area contributed by atoms with Crippen molar-refractivity contribution in [1.82, 2.24) is 0 Å². The minimum absolute atomic E-state index is 0.162. The number of amides is 1. The fraction of sp³-hybridized carbons (Fsp3) is 0.125. The summed E-state index contributed by atoms with van der Waals surface area (Å²) in [4.78, 5) is 14.1. The lowest BCUT2D eigenvalue weighted by Crippen LogP contribution is -2.26. The molecule has 1 amide bonds. The fourth-order valence-electron chi connectivity index (χ4n) is 1.85. The molecule has 0 heterocycles. The molecular weight excluding hydrogens is 332 g/mol. The fourth-order valence-corrected chi connectivity index (χ4v) is 2.27. The lowest BCUT2D eigenvalue weighted by molar-refractivity contribution is 0.0992. The van der Waals surface area contributed by atoms with E-state index >= 15 is 0 Å². The lowest BCUT2D eigenvalue weighted by Gasteiger charge is -2.18. The highest BCUT2D eigenvalue weighted by Gasteiger charge is 2.17. The lowest BCUT2D eigenvalue weighted by atomic mass is 10.1. The Morgan fingerprint density at radius 3 is 2.48 bits per heavy atom. The Morgan fingerprint density at radius 2 is 1.90 bits per heavy atom. The monoisotopic (exact) mass is 344 g/mol. The average Bonchev–Trinajstić information content (AvgIpc) is 2.54. The van der Waals surface area contributed by atoms with E-state index in [2.05, 4.69) is 22.0 Å². The highest BCUT2D eigenvalue weighted by molar-refractivity contribution is 9.10. The zero-order chi connectivity index (χ0) is 15.4. The van der Waals surface area contributed by atoms with E-state index in [1.54, 1.807) is 56.6 Å². The molecule has 0 aliphatic carbocycles. The van der Waals surface area contributed by atoms with Crippen LogP contribution in [0.5, 0.6) is 5.75 Å². The van der Waals surface area contributed by atoms with Gasteiger partial charge in [0, 0.05) is 17.2 Å². The number of anilines is 1. The van der Waals surface area contributed by atoms with Gasteiger partial charge in [0.25, 0.3) is 5.91 Å². The van der Waals surface area contributed by atoms with Gasteiger partial charge in [-0.1, -0.05) is 0 Å². The number of carbonyl (C=O) groups is 1. The van der Waals surface area contributed by atoms with Crippen LogP contribution < -0.4 is 9.64 Å². The molecule has 0 spiro atoms. The molecule has 5 heteroatoms. The first-order valence-corrected chi connectivity index (χ1v) is 6.98. The van der Waals surface area contributed by atoms with Crippen molar-refractivity contribution in [3.05, 3.63) is 58.1 Å². The molecule has 21 heavy (non-hydrogen) atoms.